The van der Waals surface area contributed by atoms with Crippen molar-refractivity contribution in [3.8, 4) is 10.6 Å². The van der Waals surface area contributed by atoms with Gasteiger partial charge in [-0.3, -0.25) is 9.78 Å². The average molecular weight is 426 g/mol. The summed E-state index contributed by atoms with van der Waals surface area (Å²) in [7, 11) is 1.87. The number of hydrogen-bond donors (Lipinski definition) is 0. The third-order valence-corrected chi connectivity index (χ3v) is 7.18. The molecule has 0 N–H and O–H groups in total. The average Bonchev–Trinajstić information content (AvgIpc) is 3.13. The summed E-state index contributed by atoms with van der Waals surface area (Å²) >= 11 is 3.39. The molecule has 0 atom stereocenters. The summed E-state index contributed by atoms with van der Waals surface area (Å²) in [6.07, 6.45) is 5.49. The fraction of sp³-hybridized carbons (Fsp3) is 0.348. The molecule has 0 aliphatic rings. The van der Waals surface area contributed by atoms with E-state index >= 15 is 0 Å². The summed E-state index contributed by atoms with van der Waals surface area (Å²) < 4.78 is 0. The maximum atomic E-state index is 12.4. The van der Waals surface area contributed by atoms with E-state index in [4.69, 9.17) is 4.98 Å². The van der Waals surface area contributed by atoms with Crippen molar-refractivity contribution in [1.82, 2.24) is 14.9 Å². The molecule has 0 bridgehead atoms. The number of nitrogens with zero attached hydrogens (tertiary/aromatic N) is 3. The topological polar surface area (TPSA) is 46.1 Å². The van der Waals surface area contributed by atoms with Crippen LogP contribution in [0.15, 0.2) is 48.8 Å². The zero-order valence-electron chi connectivity index (χ0n) is 17.2. The summed E-state index contributed by atoms with van der Waals surface area (Å²) in [5.41, 5.74) is 4.72. The lowest BCUT2D eigenvalue weighted by Gasteiger charge is -2.16. The van der Waals surface area contributed by atoms with Crippen LogP contribution in [-0.4, -0.2) is 40.1 Å². The second kappa shape index (κ2) is 10.6. The summed E-state index contributed by atoms with van der Waals surface area (Å²) in [4.78, 5) is 24.3. The molecular weight excluding hydrogens is 398 g/mol. The number of likely N-dealkylation sites (N-methyl/N-ethyl adjacent to an activating group) is 1. The first-order valence-electron chi connectivity index (χ1n) is 9.83. The molecule has 1 aromatic carbocycles. The maximum absolute atomic E-state index is 12.4. The number of hydrogen-bond acceptors (Lipinski definition) is 5. The lowest BCUT2D eigenvalue weighted by Crippen LogP contribution is -2.30. The molecule has 29 heavy (non-hydrogen) atoms. The van der Waals surface area contributed by atoms with Gasteiger partial charge in [0.2, 0.25) is 5.91 Å². The lowest BCUT2D eigenvalue weighted by molar-refractivity contribution is -0.127. The fourth-order valence-corrected chi connectivity index (χ4v) is 5.12. The van der Waals surface area contributed by atoms with Crippen LogP contribution in [0.2, 0.25) is 0 Å². The number of carbonyl (C=O) groups is 1. The molecule has 2 heterocycles. The van der Waals surface area contributed by atoms with Crippen LogP contribution in [0.3, 0.4) is 0 Å². The first-order valence-corrected chi connectivity index (χ1v) is 11.8. The van der Waals surface area contributed by atoms with Crippen LogP contribution < -0.4 is 0 Å². The van der Waals surface area contributed by atoms with Crippen LogP contribution in [0.25, 0.3) is 10.6 Å². The van der Waals surface area contributed by atoms with Crippen molar-refractivity contribution >= 4 is 29.0 Å². The molecule has 2 aromatic heterocycles. The summed E-state index contributed by atoms with van der Waals surface area (Å²) in [6, 6.07) is 12.6. The van der Waals surface area contributed by atoms with E-state index in [9.17, 15) is 4.79 Å². The van der Waals surface area contributed by atoms with Crippen LogP contribution in [0.5, 0.6) is 0 Å². The van der Waals surface area contributed by atoms with Gasteiger partial charge < -0.3 is 4.90 Å². The van der Waals surface area contributed by atoms with Crippen molar-refractivity contribution < 1.29 is 4.79 Å². The molecule has 0 unspecified atom stereocenters. The number of amides is 1. The highest BCUT2D eigenvalue weighted by Gasteiger charge is 2.12. The SMILES string of the molecule is CCc1ccc(-c2nc(C)c(CSCC(=O)N(C)CCc3cccnc3)s2)cc1. The van der Waals surface area contributed by atoms with Crippen LogP contribution in [0, 0.1) is 6.92 Å². The second-order valence-electron chi connectivity index (χ2n) is 7.00. The van der Waals surface area contributed by atoms with Gasteiger partial charge >= 0.3 is 0 Å². The number of rotatable bonds is 9. The Bertz CT molecular complexity index is 923. The third-order valence-electron chi connectivity index (χ3n) is 4.84. The Balaban J connectivity index is 1.48. The standard InChI is InChI=1S/C23H27N3OS2/c1-4-18-7-9-20(10-8-18)23-25-17(2)21(29-23)15-28-16-22(27)26(3)13-11-19-6-5-12-24-14-19/h5-10,12,14H,4,11,13,15-16H2,1-3H3. The molecule has 0 spiro atoms. The minimum Gasteiger partial charge on any atom is -0.345 e. The molecule has 0 saturated carbocycles. The van der Waals surface area contributed by atoms with Gasteiger partial charge in [-0.15, -0.1) is 23.1 Å². The summed E-state index contributed by atoms with van der Waals surface area (Å²) in [5.74, 6) is 1.47. The van der Waals surface area contributed by atoms with E-state index in [0.717, 1.165) is 40.4 Å². The largest absolute Gasteiger partial charge is 0.345 e. The number of carbonyl (C=O) groups excluding carboxylic acids is 1. The molecule has 0 aliphatic carbocycles. The number of thiazole rings is 1. The Morgan fingerprint density at radius 2 is 1.97 bits per heavy atom. The Hall–Kier alpha value is -2.18. The predicted octanol–water partition coefficient (Wildman–Crippen LogP) is 5.01. The van der Waals surface area contributed by atoms with E-state index in [0.29, 0.717) is 12.3 Å². The molecule has 3 aromatic rings. The van der Waals surface area contributed by atoms with Gasteiger partial charge in [-0.25, -0.2) is 4.98 Å². The number of aryl methyl sites for hydroxylation is 2. The normalized spacial score (nSPS) is 10.9. The molecule has 0 saturated heterocycles. The number of thioether (sulfide) groups is 1. The van der Waals surface area contributed by atoms with Gasteiger partial charge in [-0.05, 0) is 37.0 Å². The number of pyridine rings is 1. The second-order valence-corrected chi connectivity index (χ2v) is 9.07. The fourth-order valence-electron chi connectivity index (χ4n) is 2.88. The molecule has 0 fully saturated rings. The van der Waals surface area contributed by atoms with Crippen LogP contribution >= 0.6 is 23.1 Å². The molecule has 4 nitrogen and oxygen atoms in total. The zero-order valence-corrected chi connectivity index (χ0v) is 18.9. The van der Waals surface area contributed by atoms with Gasteiger partial charge in [0.1, 0.15) is 5.01 Å². The van der Waals surface area contributed by atoms with Crippen LogP contribution in [0.1, 0.15) is 28.6 Å². The zero-order chi connectivity index (χ0) is 20.6. The first kappa shape index (κ1) is 21.5. The van der Waals surface area contributed by atoms with Crippen molar-refractivity contribution in [2.45, 2.75) is 32.4 Å². The van der Waals surface area contributed by atoms with Crippen molar-refractivity contribution in [3.05, 3.63) is 70.5 Å². The Kier molecular flexibility index (Phi) is 7.83. The highest BCUT2D eigenvalue weighted by Crippen LogP contribution is 2.30. The Labute approximate surface area is 181 Å². The monoisotopic (exact) mass is 425 g/mol. The molecular formula is C23H27N3OS2. The van der Waals surface area contributed by atoms with Gasteiger partial charge in [-0.2, -0.15) is 0 Å². The van der Waals surface area contributed by atoms with Gasteiger partial charge in [0, 0.05) is 42.2 Å². The molecule has 0 radical (unpaired) electrons. The Morgan fingerprint density at radius 1 is 1.17 bits per heavy atom. The highest BCUT2D eigenvalue weighted by molar-refractivity contribution is 7.99. The Morgan fingerprint density at radius 3 is 2.66 bits per heavy atom. The van der Waals surface area contributed by atoms with Crippen molar-refractivity contribution in [1.29, 1.82) is 0 Å². The van der Waals surface area contributed by atoms with Crippen molar-refractivity contribution in [3.63, 3.8) is 0 Å². The quantitative estimate of drug-likeness (QED) is 0.483. The molecule has 152 valence electrons. The van der Waals surface area contributed by atoms with Crippen LogP contribution in [0.4, 0.5) is 0 Å². The molecule has 0 aliphatic heterocycles. The molecule has 1 amide bonds. The van der Waals surface area contributed by atoms with E-state index in [1.807, 2.05) is 25.4 Å². The van der Waals surface area contributed by atoms with Crippen molar-refractivity contribution in [2.75, 3.05) is 19.3 Å². The summed E-state index contributed by atoms with van der Waals surface area (Å²) in [5, 5.41) is 1.06. The van der Waals surface area contributed by atoms with Gasteiger partial charge in [0.25, 0.3) is 0 Å². The van der Waals surface area contributed by atoms with Gasteiger partial charge in [-0.1, -0.05) is 37.3 Å². The van der Waals surface area contributed by atoms with E-state index < -0.39 is 0 Å². The highest BCUT2D eigenvalue weighted by atomic mass is 32.2. The third kappa shape index (κ3) is 6.15. The molecule has 3 rings (SSSR count). The van der Waals surface area contributed by atoms with Gasteiger partial charge in [0.05, 0.1) is 11.4 Å². The van der Waals surface area contributed by atoms with E-state index in [-0.39, 0.29) is 5.91 Å². The van der Waals surface area contributed by atoms with Crippen LogP contribution in [-0.2, 0) is 23.4 Å². The van der Waals surface area contributed by atoms with E-state index in [2.05, 4.69) is 43.1 Å². The van der Waals surface area contributed by atoms with Crippen molar-refractivity contribution in [2.24, 2.45) is 0 Å². The first-order chi connectivity index (χ1) is 14.1. The minimum absolute atomic E-state index is 0.163. The number of aromatic nitrogens is 2. The lowest BCUT2D eigenvalue weighted by atomic mass is 10.1. The molecule has 6 heteroatoms. The van der Waals surface area contributed by atoms with E-state index in [1.165, 1.54) is 10.4 Å². The predicted molar refractivity (Wildman–Crippen MR) is 123 cm³/mol. The maximum Gasteiger partial charge on any atom is 0.232 e. The summed E-state index contributed by atoms with van der Waals surface area (Å²) in [6.45, 7) is 4.93. The number of benzene rings is 1. The minimum atomic E-state index is 0.163. The smallest absolute Gasteiger partial charge is 0.232 e. The van der Waals surface area contributed by atoms with E-state index in [1.54, 1.807) is 34.2 Å². The van der Waals surface area contributed by atoms with Gasteiger partial charge in [0.15, 0.2) is 0 Å².